The van der Waals surface area contributed by atoms with Gasteiger partial charge in [-0.25, -0.2) is 0 Å². The molecule has 0 spiro atoms. The number of hydrogen-bond acceptors (Lipinski definition) is 4. The number of esters is 1. The largest absolute Gasteiger partial charge is 0.430 e. The van der Waals surface area contributed by atoms with Crippen molar-refractivity contribution in [2.45, 2.75) is 33.7 Å². The molecule has 0 aromatic heterocycles. The van der Waals surface area contributed by atoms with Crippen molar-refractivity contribution >= 4 is 17.5 Å². The van der Waals surface area contributed by atoms with Gasteiger partial charge in [0.2, 0.25) is 0 Å². The number of hydrogen-bond donors (Lipinski definition) is 0. The van der Waals surface area contributed by atoms with Gasteiger partial charge >= 0.3 is 5.97 Å². The number of cyclic esters (lactones) is 1. The second kappa shape index (κ2) is 4.38. The maximum absolute atomic E-state index is 11.6. The number of nitrogens with zero attached hydrogens (tertiary/aromatic N) is 1. The van der Waals surface area contributed by atoms with Crippen molar-refractivity contribution in [2.75, 3.05) is 0 Å². The van der Waals surface area contributed by atoms with E-state index in [-0.39, 0.29) is 11.8 Å². The molecule has 0 saturated carbocycles. The number of allylic oxidation sites excluding steroid dienone is 2. The third-order valence-electron chi connectivity index (χ3n) is 2.01. The van der Waals surface area contributed by atoms with Gasteiger partial charge in [-0.05, 0) is 27.7 Å². The molecule has 1 aliphatic heterocycles. The molecule has 1 aliphatic rings. The van der Waals surface area contributed by atoms with Crippen molar-refractivity contribution in [1.29, 1.82) is 0 Å². The molecule has 0 bridgehead atoms. The Balaban J connectivity index is 2.96. The Hall–Kier alpha value is -1.45. The van der Waals surface area contributed by atoms with Gasteiger partial charge in [0.1, 0.15) is 5.76 Å². The maximum atomic E-state index is 11.6. The van der Waals surface area contributed by atoms with E-state index in [2.05, 4.69) is 4.99 Å². The molecule has 0 amide bonds. The summed E-state index contributed by atoms with van der Waals surface area (Å²) < 4.78 is 4.89. The van der Waals surface area contributed by atoms with Crippen molar-refractivity contribution in [3.63, 3.8) is 0 Å². The van der Waals surface area contributed by atoms with Gasteiger partial charge in [0, 0.05) is 17.8 Å². The molecule has 0 aromatic carbocycles. The summed E-state index contributed by atoms with van der Waals surface area (Å²) in [7, 11) is 0. The molecular formula is C11H15NO3. The van der Waals surface area contributed by atoms with Crippen LogP contribution in [0.1, 0.15) is 27.7 Å². The van der Waals surface area contributed by atoms with Crippen LogP contribution >= 0.6 is 0 Å². The van der Waals surface area contributed by atoms with Crippen LogP contribution in [0.2, 0.25) is 0 Å². The second-order valence-corrected chi connectivity index (χ2v) is 3.88. The Kier molecular flexibility index (Phi) is 3.39. The first-order valence-corrected chi connectivity index (χ1v) is 4.90. The minimum Gasteiger partial charge on any atom is -0.430 e. The SMILES string of the molecule is CC1=CC(=O)[C@H](C(C)=NC(C)C)C(=O)O1. The summed E-state index contributed by atoms with van der Waals surface area (Å²) in [6, 6.07) is 0.0672. The molecule has 4 heteroatoms. The average Bonchev–Trinajstić information content (AvgIpc) is 1.99. The van der Waals surface area contributed by atoms with Gasteiger partial charge in [0.15, 0.2) is 11.7 Å². The number of ketones is 1. The van der Waals surface area contributed by atoms with E-state index in [0.29, 0.717) is 11.5 Å². The highest BCUT2D eigenvalue weighted by atomic mass is 16.5. The zero-order valence-corrected chi connectivity index (χ0v) is 9.40. The van der Waals surface area contributed by atoms with Crippen LogP contribution in [-0.2, 0) is 14.3 Å². The van der Waals surface area contributed by atoms with Gasteiger partial charge in [0.05, 0.1) is 0 Å². The molecule has 4 nitrogen and oxygen atoms in total. The molecule has 0 aromatic rings. The van der Waals surface area contributed by atoms with Gasteiger partial charge in [-0.2, -0.15) is 0 Å². The summed E-state index contributed by atoms with van der Waals surface area (Å²) >= 11 is 0. The molecule has 1 atom stereocenters. The molecule has 0 fully saturated rings. The molecule has 0 unspecified atom stereocenters. The van der Waals surface area contributed by atoms with E-state index in [9.17, 15) is 9.59 Å². The van der Waals surface area contributed by atoms with Crippen molar-refractivity contribution < 1.29 is 14.3 Å². The van der Waals surface area contributed by atoms with Gasteiger partial charge in [0.25, 0.3) is 0 Å². The monoisotopic (exact) mass is 209 g/mol. The fraction of sp³-hybridized carbons (Fsp3) is 0.545. The van der Waals surface area contributed by atoms with Crippen LogP contribution in [0.3, 0.4) is 0 Å². The first-order chi connectivity index (χ1) is 6.91. The molecule has 1 rings (SSSR count). The Morgan fingerprint density at radius 3 is 2.53 bits per heavy atom. The highest BCUT2D eigenvalue weighted by Crippen LogP contribution is 2.16. The fourth-order valence-electron chi connectivity index (χ4n) is 1.51. The number of aliphatic imine (C=N–C) groups is 1. The summed E-state index contributed by atoms with van der Waals surface area (Å²) in [5.41, 5.74) is 0.517. The number of carbonyl (C=O) groups is 2. The van der Waals surface area contributed by atoms with Crippen LogP contribution in [0, 0.1) is 5.92 Å². The third-order valence-corrected chi connectivity index (χ3v) is 2.01. The van der Waals surface area contributed by atoms with Gasteiger partial charge < -0.3 is 4.74 Å². The lowest BCUT2D eigenvalue weighted by Gasteiger charge is -2.18. The summed E-state index contributed by atoms with van der Waals surface area (Å²) in [5, 5.41) is 0. The Bertz CT molecular complexity index is 353. The van der Waals surface area contributed by atoms with Crippen LogP contribution in [0.5, 0.6) is 0 Å². The molecule has 0 aliphatic carbocycles. The fourth-order valence-corrected chi connectivity index (χ4v) is 1.51. The van der Waals surface area contributed by atoms with Crippen LogP contribution in [0.4, 0.5) is 0 Å². The predicted molar refractivity (Wildman–Crippen MR) is 56.6 cm³/mol. The smallest absolute Gasteiger partial charge is 0.327 e. The van der Waals surface area contributed by atoms with Crippen molar-refractivity contribution in [2.24, 2.45) is 10.9 Å². The lowest BCUT2D eigenvalue weighted by atomic mass is 9.96. The second-order valence-electron chi connectivity index (χ2n) is 3.88. The number of rotatable bonds is 2. The predicted octanol–water partition coefficient (Wildman–Crippen LogP) is 1.50. The highest BCUT2D eigenvalue weighted by molar-refractivity contribution is 6.22. The standard InChI is InChI=1S/C11H15NO3/c1-6(2)12-8(4)10-9(13)5-7(3)15-11(10)14/h5-6,10H,1-4H3/t10-/m0/s1. The molecule has 15 heavy (non-hydrogen) atoms. The maximum Gasteiger partial charge on any atom is 0.327 e. The molecular weight excluding hydrogens is 194 g/mol. The topological polar surface area (TPSA) is 55.7 Å². The van der Waals surface area contributed by atoms with E-state index in [0.717, 1.165) is 0 Å². The van der Waals surface area contributed by atoms with E-state index < -0.39 is 11.9 Å². The van der Waals surface area contributed by atoms with Gasteiger partial charge in [-0.15, -0.1) is 0 Å². The van der Waals surface area contributed by atoms with E-state index in [1.165, 1.54) is 6.08 Å². The third kappa shape index (κ3) is 2.75. The Morgan fingerprint density at radius 1 is 1.47 bits per heavy atom. The highest BCUT2D eigenvalue weighted by Gasteiger charge is 2.33. The lowest BCUT2D eigenvalue weighted by Crippen LogP contribution is -2.34. The molecule has 1 heterocycles. The zero-order valence-electron chi connectivity index (χ0n) is 9.40. The van der Waals surface area contributed by atoms with Gasteiger partial charge in [-0.3, -0.25) is 14.6 Å². The molecule has 0 N–H and O–H groups in total. The molecule has 82 valence electrons. The van der Waals surface area contributed by atoms with E-state index in [4.69, 9.17) is 4.74 Å². The van der Waals surface area contributed by atoms with E-state index in [1.807, 2.05) is 13.8 Å². The van der Waals surface area contributed by atoms with E-state index in [1.54, 1.807) is 13.8 Å². The first kappa shape index (κ1) is 11.6. The Morgan fingerprint density at radius 2 is 2.07 bits per heavy atom. The Labute approximate surface area is 89.0 Å². The zero-order chi connectivity index (χ0) is 11.6. The van der Waals surface area contributed by atoms with Crippen molar-refractivity contribution in [1.82, 2.24) is 0 Å². The lowest BCUT2D eigenvalue weighted by molar-refractivity contribution is -0.146. The molecule has 0 saturated heterocycles. The quantitative estimate of drug-likeness (QED) is 0.393. The van der Waals surface area contributed by atoms with Crippen molar-refractivity contribution in [3.8, 4) is 0 Å². The minimum atomic E-state index is -0.851. The average molecular weight is 209 g/mol. The number of carbonyl (C=O) groups excluding carboxylic acids is 2. The van der Waals surface area contributed by atoms with E-state index >= 15 is 0 Å². The van der Waals surface area contributed by atoms with Crippen LogP contribution < -0.4 is 0 Å². The first-order valence-electron chi connectivity index (χ1n) is 4.90. The van der Waals surface area contributed by atoms with Crippen molar-refractivity contribution in [3.05, 3.63) is 11.8 Å². The summed E-state index contributed by atoms with van der Waals surface area (Å²) in [6.45, 7) is 7.05. The van der Waals surface area contributed by atoms with Crippen LogP contribution in [-0.4, -0.2) is 23.5 Å². The normalized spacial score (nSPS) is 22.9. The van der Waals surface area contributed by atoms with Gasteiger partial charge in [-0.1, -0.05) is 0 Å². The summed E-state index contributed by atoms with van der Waals surface area (Å²) in [4.78, 5) is 27.2. The summed E-state index contributed by atoms with van der Waals surface area (Å²) in [5.74, 6) is -1.28. The van der Waals surface area contributed by atoms with Crippen LogP contribution in [0.25, 0.3) is 0 Å². The molecule has 0 radical (unpaired) electrons. The number of ether oxygens (including phenoxy) is 1. The minimum absolute atomic E-state index is 0.0672. The van der Waals surface area contributed by atoms with Crippen LogP contribution in [0.15, 0.2) is 16.8 Å². The summed E-state index contributed by atoms with van der Waals surface area (Å²) in [6.07, 6.45) is 1.34.